The van der Waals surface area contributed by atoms with Gasteiger partial charge >= 0.3 is 5.97 Å². The lowest BCUT2D eigenvalue weighted by molar-refractivity contribution is -0.143. The van der Waals surface area contributed by atoms with Gasteiger partial charge in [-0.15, -0.1) is 0 Å². The molecule has 0 aromatic carbocycles. The normalized spacial score (nSPS) is 22.2. The highest BCUT2D eigenvalue weighted by atomic mass is 16.5. The van der Waals surface area contributed by atoms with E-state index in [1.807, 2.05) is 0 Å². The molecule has 5 heteroatoms. The van der Waals surface area contributed by atoms with E-state index < -0.39 is 0 Å². The number of ether oxygens (including phenoxy) is 2. The summed E-state index contributed by atoms with van der Waals surface area (Å²) in [6.07, 6.45) is 4.55. The van der Waals surface area contributed by atoms with Gasteiger partial charge in [-0.25, -0.2) is 0 Å². The quantitative estimate of drug-likeness (QED) is 0.669. The van der Waals surface area contributed by atoms with E-state index in [2.05, 4.69) is 17.1 Å². The Morgan fingerprint density at radius 1 is 1.53 bits per heavy atom. The molecule has 1 fully saturated rings. The Hall–Kier alpha value is -0.650. The van der Waals surface area contributed by atoms with Crippen LogP contribution in [0.25, 0.3) is 0 Å². The third-order valence-corrected chi connectivity index (χ3v) is 3.59. The molecule has 0 radical (unpaired) electrons. The highest BCUT2D eigenvalue weighted by molar-refractivity contribution is 5.75. The SMILES string of the molecule is CCCOC1CCCN(CCC(NC)C(=O)OC)C1. The van der Waals surface area contributed by atoms with Gasteiger partial charge in [0.15, 0.2) is 0 Å². The first-order valence-electron chi connectivity index (χ1n) is 7.30. The van der Waals surface area contributed by atoms with E-state index in [9.17, 15) is 4.79 Å². The van der Waals surface area contributed by atoms with Crippen LogP contribution in [0.1, 0.15) is 32.6 Å². The molecule has 112 valence electrons. The second-order valence-electron chi connectivity index (χ2n) is 5.09. The second-order valence-corrected chi connectivity index (χ2v) is 5.09. The predicted octanol–water partition coefficient (Wildman–Crippen LogP) is 1.03. The summed E-state index contributed by atoms with van der Waals surface area (Å²) < 4.78 is 10.6. The van der Waals surface area contributed by atoms with E-state index in [1.54, 1.807) is 7.05 Å². The Kier molecular flexibility index (Phi) is 8.02. The van der Waals surface area contributed by atoms with Crippen LogP contribution in [0.15, 0.2) is 0 Å². The summed E-state index contributed by atoms with van der Waals surface area (Å²) in [4.78, 5) is 13.9. The largest absolute Gasteiger partial charge is 0.468 e. The standard InChI is InChI=1S/C14H28N2O3/c1-4-10-19-12-6-5-8-16(11-12)9-7-13(15-2)14(17)18-3/h12-13,15H,4-11H2,1-3H3. The number of esters is 1. The number of likely N-dealkylation sites (N-methyl/N-ethyl adjacent to an activating group) is 1. The minimum absolute atomic E-state index is 0.182. The molecule has 0 bridgehead atoms. The van der Waals surface area contributed by atoms with Crippen LogP contribution in [0.4, 0.5) is 0 Å². The monoisotopic (exact) mass is 272 g/mol. The van der Waals surface area contributed by atoms with Crippen LogP contribution >= 0.6 is 0 Å². The van der Waals surface area contributed by atoms with E-state index in [0.717, 1.165) is 45.5 Å². The molecular formula is C14H28N2O3. The predicted molar refractivity (Wildman–Crippen MR) is 75.2 cm³/mol. The lowest BCUT2D eigenvalue weighted by atomic mass is 10.1. The van der Waals surface area contributed by atoms with Crippen molar-refractivity contribution in [2.75, 3.05) is 40.4 Å². The number of hydrogen-bond donors (Lipinski definition) is 1. The molecule has 1 heterocycles. The molecule has 1 rings (SSSR count). The zero-order valence-electron chi connectivity index (χ0n) is 12.5. The van der Waals surface area contributed by atoms with Crippen molar-refractivity contribution >= 4 is 5.97 Å². The van der Waals surface area contributed by atoms with E-state index in [0.29, 0.717) is 6.10 Å². The van der Waals surface area contributed by atoms with Crippen molar-refractivity contribution in [3.8, 4) is 0 Å². The summed E-state index contributed by atoms with van der Waals surface area (Å²) in [6, 6.07) is -0.207. The van der Waals surface area contributed by atoms with Crippen molar-refractivity contribution in [3.05, 3.63) is 0 Å². The fourth-order valence-electron chi connectivity index (χ4n) is 2.47. The van der Waals surface area contributed by atoms with Crippen molar-refractivity contribution in [2.24, 2.45) is 0 Å². The van der Waals surface area contributed by atoms with Gasteiger partial charge in [-0.2, -0.15) is 0 Å². The smallest absolute Gasteiger partial charge is 0.322 e. The zero-order chi connectivity index (χ0) is 14.1. The first kappa shape index (κ1) is 16.4. The lowest BCUT2D eigenvalue weighted by Gasteiger charge is -2.33. The number of nitrogens with one attached hydrogen (secondary N) is 1. The highest BCUT2D eigenvalue weighted by Gasteiger charge is 2.22. The van der Waals surface area contributed by atoms with Crippen LogP contribution in [-0.4, -0.2) is 63.4 Å². The Bertz CT molecular complexity index is 261. The molecule has 0 saturated carbocycles. The first-order valence-corrected chi connectivity index (χ1v) is 7.30. The molecular weight excluding hydrogens is 244 g/mol. The van der Waals surface area contributed by atoms with Crippen LogP contribution in [0.3, 0.4) is 0 Å². The average Bonchev–Trinajstić information content (AvgIpc) is 2.45. The van der Waals surface area contributed by atoms with Gasteiger partial charge in [0, 0.05) is 19.7 Å². The number of hydrogen-bond acceptors (Lipinski definition) is 5. The number of carbonyl (C=O) groups excluding carboxylic acids is 1. The minimum Gasteiger partial charge on any atom is -0.468 e. The van der Waals surface area contributed by atoms with Crippen molar-refractivity contribution in [1.29, 1.82) is 0 Å². The number of likely N-dealkylation sites (tertiary alicyclic amines) is 1. The summed E-state index contributed by atoms with van der Waals surface area (Å²) in [5.41, 5.74) is 0. The summed E-state index contributed by atoms with van der Waals surface area (Å²) >= 11 is 0. The molecule has 19 heavy (non-hydrogen) atoms. The molecule has 2 unspecified atom stereocenters. The van der Waals surface area contributed by atoms with Gasteiger partial charge in [-0.3, -0.25) is 4.79 Å². The van der Waals surface area contributed by atoms with Crippen LogP contribution < -0.4 is 5.32 Å². The summed E-state index contributed by atoms with van der Waals surface area (Å²) in [6.45, 7) is 5.97. The maximum Gasteiger partial charge on any atom is 0.322 e. The lowest BCUT2D eigenvalue weighted by Crippen LogP contribution is -2.43. The third-order valence-electron chi connectivity index (χ3n) is 3.59. The van der Waals surface area contributed by atoms with Crippen molar-refractivity contribution in [1.82, 2.24) is 10.2 Å². The number of nitrogens with zero attached hydrogens (tertiary/aromatic N) is 1. The molecule has 2 atom stereocenters. The summed E-state index contributed by atoms with van der Waals surface area (Å²) in [5.74, 6) is -0.182. The Morgan fingerprint density at radius 2 is 2.32 bits per heavy atom. The zero-order valence-corrected chi connectivity index (χ0v) is 12.5. The van der Waals surface area contributed by atoms with Crippen LogP contribution in [0, 0.1) is 0 Å². The van der Waals surface area contributed by atoms with Crippen molar-refractivity contribution in [3.63, 3.8) is 0 Å². The molecule has 1 aliphatic rings. The molecule has 0 amide bonds. The number of piperidine rings is 1. The van der Waals surface area contributed by atoms with Crippen LogP contribution in [0.5, 0.6) is 0 Å². The van der Waals surface area contributed by atoms with Gasteiger partial charge < -0.3 is 19.7 Å². The van der Waals surface area contributed by atoms with Gasteiger partial charge in [0.1, 0.15) is 6.04 Å². The van der Waals surface area contributed by atoms with E-state index in [1.165, 1.54) is 13.5 Å². The van der Waals surface area contributed by atoms with Gasteiger partial charge in [0.25, 0.3) is 0 Å². The molecule has 1 N–H and O–H groups in total. The molecule has 0 spiro atoms. The minimum atomic E-state index is -0.207. The Balaban J connectivity index is 2.29. The third kappa shape index (κ3) is 5.89. The maximum atomic E-state index is 11.5. The van der Waals surface area contributed by atoms with Gasteiger partial charge in [0.05, 0.1) is 13.2 Å². The van der Waals surface area contributed by atoms with E-state index in [4.69, 9.17) is 9.47 Å². The first-order chi connectivity index (χ1) is 9.21. The van der Waals surface area contributed by atoms with Crippen LogP contribution in [-0.2, 0) is 14.3 Å². The molecule has 0 aliphatic carbocycles. The summed E-state index contributed by atoms with van der Waals surface area (Å²) in [7, 11) is 3.23. The van der Waals surface area contributed by atoms with E-state index >= 15 is 0 Å². The number of methoxy groups -OCH3 is 1. The van der Waals surface area contributed by atoms with Crippen molar-refractivity contribution in [2.45, 2.75) is 44.8 Å². The second kappa shape index (κ2) is 9.28. The average molecular weight is 272 g/mol. The van der Waals surface area contributed by atoms with E-state index in [-0.39, 0.29) is 12.0 Å². The van der Waals surface area contributed by atoms with Crippen LogP contribution in [0.2, 0.25) is 0 Å². The number of rotatable bonds is 8. The fraction of sp³-hybridized carbons (Fsp3) is 0.929. The Labute approximate surface area is 116 Å². The fourth-order valence-corrected chi connectivity index (χ4v) is 2.47. The molecule has 0 aromatic heterocycles. The molecule has 1 aliphatic heterocycles. The van der Waals surface area contributed by atoms with Gasteiger partial charge in [-0.05, 0) is 39.3 Å². The van der Waals surface area contributed by atoms with Gasteiger partial charge in [0.2, 0.25) is 0 Å². The van der Waals surface area contributed by atoms with Gasteiger partial charge in [-0.1, -0.05) is 6.92 Å². The molecule has 5 nitrogen and oxygen atoms in total. The topological polar surface area (TPSA) is 50.8 Å². The summed E-state index contributed by atoms with van der Waals surface area (Å²) in [5, 5.41) is 3.01. The highest BCUT2D eigenvalue weighted by Crippen LogP contribution is 2.14. The molecule has 0 aromatic rings. The van der Waals surface area contributed by atoms with Crippen molar-refractivity contribution < 1.29 is 14.3 Å². The molecule has 1 saturated heterocycles. The maximum absolute atomic E-state index is 11.5. The Morgan fingerprint density at radius 3 is 2.95 bits per heavy atom. The number of carbonyl (C=O) groups is 1.